The maximum atomic E-state index is 12.4. The van der Waals surface area contributed by atoms with Crippen molar-refractivity contribution in [1.29, 1.82) is 0 Å². The van der Waals surface area contributed by atoms with E-state index in [1.165, 1.54) is 4.90 Å². The van der Waals surface area contributed by atoms with Crippen molar-refractivity contribution in [2.24, 2.45) is 0 Å². The Labute approximate surface area is 150 Å². The van der Waals surface area contributed by atoms with Crippen LogP contribution in [0.1, 0.15) is 37.7 Å². The maximum absolute atomic E-state index is 12.4. The Balaban J connectivity index is 1.61. The number of piperidine rings is 1. The smallest absolute Gasteiger partial charge is 0.410 e. The number of hydrogen-bond acceptors (Lipinski definition) is 6. The number of ether oxygens (including phenoxy) is 1. The average molecular weight is 360 g/mol. The van der Waals surface area contributed by atoms with Crippen molar-refractivity contribution in [3.05, 3.63) is 35.9 Å². The van der Waals surface area contributed by atoms with Gasteiger partial charge in [-0.2, -0.15) is 0 Å². The second kappa shape index (κ2) is 7.99. The van der Waals surface area contributed by atoms with E-state index < -0.39 is 29.9 Å². The molecule has 26 heavy (non-hydrogen) atoms. The van der Waals surface area contributed by atoms with Gasteiger partial charge in [0.05, 0.1) is 0 Å². The number of benzene rings is 1. The van der Waals surface area contributed by atoms with E-state index in [0.29, 0.717) is 18.0 Å². The average Bonchev–Trinajstić information content (AvgIpc) is 2.99. The number of hydrogen-bond donors (Lipinski definition) is 0. The zero-order chi connectivity index (χ0) is 18.5. The molecular formula is C18H20N2O6. The molecule has 0 aromatic heterocycles. The predicted molar refractivity (Wildman–Crippen MR) is 88.2 cm³/mol. The van der Waals surface area contributed by atoms with Gasteiger partial charge in [0.25, 0.3) is 11.8 Å². The molecule has 8 nitrogen and oxygen atoms in total. The molecule has 2 fully saturated rings. The molecule has 2 heterocycles. The van der Waals surface area contributed by atoms with Gasteiger partial charge in [0.1, 0.15) is 12.6 Å². The Morgan fingerprint density at radius 3 is 2.42 bits per heavy atom. The van der Waals surface area contributed by atoms with Crippen LogP contribution in [0.5, 0.6) is 0 Å². The molecule has 3 amide bonds. The third-order valence-corrected chi connectivity index (χ3v) is 4.40. The highest BCUT2D eigenvalue weighted by atomic mass is 16.7. The summed E-state index contributed by atoms with van der Waals surface area (Å²) < 4.78 is 5.29. The van der Waals surface area contributed by atoms with Crippen molar-refractivity contribution in [2.45, 2.75) is 44.8 Å². The first-order chi connectivity index (χ1) is 12.6. The molecule has 2 aliphatic rings. The first-order valence-electron chi connectivity index (χ1n) is 8.61. The molecule has 0 spiro atoms. The molecule has 3 rings (SSSR count). The maximum Gasteiger partial charge on any atom is 0.410 e. The minimum Gasteiger partial charge on any atom is -0.445 e. The molecule has 1 atom stereocenters. The van der Waals surface area contributed by atoms with Crippen LogP contribution in [0.3, 0.4) is 0 Å². The van der Waals surface area contributed by atoms with Crippen molar-refractivity contribution in [3.8, 4) is 0 Å². The monoisotopic (exact) mass is 360 g/mol. The summed E-state index contributed by atoms with van der Waals surface area (Å²) in [5, 5.41) is 0.504. The summed E-state index contributed by atoms with van der Waals surface area (Å²) in [5.74, 6) is -1.88. The third-order valence-electron chi connectivity index (χ3n) is 4.40. The summed E-state index contributed by atoms with van der Waals surface area (Å²) in [4.78, 5) is 54.3. The first kappa shape index (κ1) is 17.9. The Morgan fingerprint density at radius 2 is 1.73 bits per heavy atom. The van der Waals surface area contributed by atoms with E-state index in [2.05, 4.69) is 0 Å². The number of hydroxylamine groups is 2. The highest BCUT2D eigenvalue weighted by molar-refractivity contribution is 6.01. The minimum atomic E-state index is -0.867. The van der Waals surface area contributed by atoms with Gasteiger partial charge in [0, 0.05) is 19.4 Å². The lowest BCUT2D eigenvalue weighted by Crippen LogP contribution is -2.50. The van der Waals surface area contributed by atoms with Crippen LogP contribution in [-0.4, -0.2) is 46.4 Å². The summed E-state index contributed by atoms with van der Waals surface area (Å²) in [7, 11) is 0. The molecule has 0 bridgehead atoms. The minimum absolute atomic E-state index is 0.0274. The fraction of sp³-hybridized carbons (Fsp3) is 0.444. The van der Waals surface area contributed by atoms with Crippen LogP contribution in [0.2, 0.25) is 0 Å². The van der Waals surface area contributed by atoms with E-state index in [0.717, 1.165) is 18.4 Å². The van der Waals surface area contributed by atoms with Crippen LogP contribution < -0.4 is 0 Å². The largest absolute Gasteiger partial charge is 0.445 e. The number of carbonyl (C=O) groups is 4. The fourth-order valence-electron chi connectivity index (χ4n) is 3.01. The Morgan fingerprint density at radius 1 is 1.04 bits per heavy atom. The van der Waals surface area contributed by atoms with Crippen LogP contribution in [0, 0.1) is 0 Å². The zero-order valence-corrected chi connectivity index (χ0v) is 14.3. The summed E-state index contributed by atoms with van der Waals surface area (Å²) in [5.41, 5.74) is 0.838. The number of carbonyl (C=O) groups excluding carboxylic acids is 4. The predicted octanol–water partition coefficient (Wildman–Crippen LogP) is 1.78. The van der Waals surface area contributed by atoms with Gasteiger partial charge in [-0.3, -0.25) is 14.5 Å². The molecule has 0 saturated carbocycles. The van der Waals surface area contributed by atoms with Gasteiger partial charge in [-0.1, -0.05) is 30.3 Å². The summed E-state index contributed by atoms with van der Waals surface area (Å²) in [6, 6.07) is 8.35. The summed E-state index contributed by atoms with van der Waals surface area (Å²) in [6.07, 6.45) is 1.32. The van der Waals surface area contributed by atoms with Crippen LogP contribution in [0.15, 0.2) is 30.3 Å². The fourth-order valence-corrected chi connectivity index (χ4v) is 3.01. The van der Waals surface area contributed by atoms with Gasteiger partial charge in [-0.05, 0) is 24.8 Å². The van der Waals surface area contributed by atoms with Crippen LogP contribution in [0.4, 0.5) is 4.79 Å². The quantitative estimate of drug-likeness (QED) is 0.760. The first-order valence-corrected chi connectivity index (χ1v) is 8.61. The molecule has 1 aromatic rings. The Bertz CT molecular complexity index is 689. The van der Waals surface area contributed by atoms with Gasteiger partial charge in [0.15, 0.2) is 0 Å². The van der Waals surface area contributed by atoms with E-state index in [9.17, 15) is 19.2 Å². The van der Waals surface area contributed by atoms with Crippen LogP contribution in [0.25, 0.3) is 0 Å². The van der Waals surface area contributed by atoms with E-state index in [4.69, 9.17) is 9.57 Å². The summed E-state index contributed by atoms with van der Waals surface area (Å²) >= 11 is 0. The van der Waals surface area contributed by atoms with Gasteiger partial charge >= 0.3 is 12.1 Å². The van der Waals surface area contributed by atoms with Gasteiger partial charge in [0.2, 0.25) is 0 Å². The topological polar surface area (TPSA) is 93.2 Å². The normalized spacial score (nSPS) is 20.2. The van der Waals surface area contributed by atoms with Gasteiger partial charge < -0.3 is 9.57 Å². The molecule has 8 heteroatoms. The lowest BCUT2D eigenvalue weighted by atomic mass is 10.0. The molecule has 0 N–H and O–H groups in total. The number of nitrogens with zero attached hydrogens (tertiary/aromatic N) is 2. The molecule has 2 saturated heterocycles. The van der Waals surface area contributed by atoms with E-state index in [1.54, 1.807) is 0 Å². The molecule has 138 valence electrons. The number of rotatable bonds is 4. The Kier molecular flexibility index (Phi) is 5.50. The second-order valence-electron chi connectivity index (χ2n) is 6.24. The lowest BCUT2D eigenvalue weighted by Gasteiger charge is -2.33. The van der Waals surface area contributed by atoms with Crippen molar-refractivity contribution in [3.63, 3.8) is 0 Å². The molecular weight excluding hydrogens is 340 g/mol. The van der Waals surface area contributed by atoms with Gasteiger partial charge in [-0.15, -0.1) is 5.06 Å². The SMILES string of the molecule is O=C(ON1C(=O)CCC1=O)C1CCCCN1C(=O)OCc1ccccc1. The molecule has 0 radical (unpaired) electrons. The second-order valence-corrected chi connectivity index (χ2v) is 6.24. The lowest BCUT2D eigenvalue weighted by molar-refractivity contribution is -0.201. The highest BCUT2D eigenvalue weighted by Crippen LogP contribution is 2.21. The summed E-state index contributed by atoms with van der Waals surface area (Å²) in [6.45, 7) is 0.455. The molecule has 1 unspecified atom stereocenters. The van der Waals surface area contributed by atoms with E-state index in [-0.39, 0.29) is 19.4 Å². The Hall–Kier alpha value is -2.90. The van der Waals surface area contributed by atoms with Crippen LogP contribution in [-0.2, 0) is 30.6 Å². The number of likely N-dealkylation sites (tertiary alicyclic amines) is 1. The highest BCUT2D eigenvalue weighted by Gasteiger charge is 2.39. The van der Waals surface area contributed by atoms with E-state index >= 15 is 0 Å². The molecule has 0 aliphatic carbocycles. The number of imide groups is 1. The van der Waals surface area contributed by atoms with Gasteiger partial charge in [-0.25, -0.2) is 9.59 Å². The van der Waals surface area contributed by atoms with Crippen molar-refractivity contribution in [1.82, 2.24) is 9.96 Å². The van der Waals surface area contributed by atoms with Crippen molar-refractivity contribution in [2.75, 3.05) is 6.54 Å². The van der Waals surface area contributed by atoms with Crippen LogP contribution >= 0.6 is 0 Å². The number of amides is 3. The molecule has 2 aliphatic heterocycles. The zero-order valence-electron chi connectivity index (χ0n) is 14.3. The standard InChI is InChI=1S/C18H20N2O6/c21-15-9-10-16(22)20(15)26-17(23)14-8-4-5-11-19(14)18(24)25-12-13-6-2-1-3-7-13/h1-3,6-7,14H,4-5,8-12H2. The van der Waals surface area contributed by atoms with Crippen molar-refractivity contribution < 1.29 is 28.8 Å². The van der Waals surface area contributed by atoms with E-state index in [1.807, 2.05) is 30.3 Å². The van der Waals surface area contributed by atoms with Crippen molar-refractivity contribution >= 4 is 23.9 Å². The molecule has 1 aromatic carbocycles. The third kappa shape index (κ3) is 4.01.